The summed E-state index contributed by atoms with van der Waals surface area (Å²) in [7, 11) is 6.77. The number of rotatable bonds is 9. The van der Waals surface area contributed by atoms with Crippen LogP contribution in [0.4, 0.5) is 11.6 Å². The van der Waals surface area contributed by atoms with E-state index in [1.54, 1.807) is 45.6 Å². The highest BCUT2D eigenvalue weighted by Crippen LogP contribution is 2.30. The molecule has 0 radical (unpaired) electrons. The smallest absolute Gasteiger partial charge is 0.258 e. The van der Waals surface area contributed by atoms with Gasteiger partial charge in [-0.05, 0) is 53.6 Å². The topological polar surface area (TPSA) is 101 Å². The number of nitrogens with one attached hydrogen (secondary N) is 1. The van der Waals surface area contributed by atoms with Gasteiger partial charge in [-0.3, -0.25) is 10.1 Å². The molecule has 0 atom stereocenters. The number of nitrogen functional groups attached to an aromatic ring is 1. The first kappa shape index (κ1) is 24.7. The monoisotopic (exact) mass is 486 g/mol. The molecule has 1 amide bonds. The quantitative estimate of drug-likeness (QED) is 0.339. The number of aromatic nitrogens is 2. The zero-order valence-corrected chi connectivity index (χ0v) is 20.9. The fraction of sp³-hybridized carbons (Fsp3) is 0.214. The Kier molecular flexibility index (Phi) is 7.44. The summed E-state index contributed by atoms with van der Waals surface area (Å²) in [6.45, 7) is 0. The average molecular weight is 487 g/mol. The Labute approximate surface area is 210 Å². The molecular formula is C28H30N4O4. The number of nitrogens with zero attached hydrogens (tertiary/aromatic N) is 2. The number of benzene rings is 3. The number of methoxy groups -OCH3 is 3. The third-order valence-corrected chi connectivity index (χ3v) is 6.02. The minimum atomic E-state index is -0.274. The second kappa shape index (κ2) is 10.9. The summed E-state index contributed by atoms with van der Waals surface area (Å²) in [6, 6.07) is 20.6. The third kappa shape index (κ3) is 5.43. The number of imidazole rings is 1. The first-order chi connectivity index (χ1) is 17.4. The SMILES string of the molecule is COc1ccc(Cc2nc(NC(=O)c3cccc(N)c3)n(C)c2Cc2ccc(OC)c(OC)c2)cc1. The maximum atomic E-state index is 12.9. The Morgan fingerprint density at radius 3 is 2.28 bits per heavy atom. The largest absolute Gasteiger partial charge is 0.497 e. The van der Waals surface area contributed by atoms with Crippen molar-refractivity contribution in [2.45, 2.75) is 12.8 Å². The lowest BCUT2D eigenvalue weighted by molar-refractivity contribution is 0.102. The summed E-state index contributed by atoms with van der Waals surface area (Å²) >= 11 is 0. The Hall–Kier alpha value is -4.46. The highest BCUT2D eigenvalue weighted by molar-refractivity contribution is 6.04. The van der Waals surface area contributed by atoms with Crippen molar-refractivity contribution in [1.29, 1.82) is 0 Å². The maximum Gasteiger partial charge on any atom is 0.258 e. The molecule has 3 N–H and O–H groups in total. The normalized spacial score (nSPS) is 10.7. The van der Waals surface area contributed by atoms with Crippen molar-refractivity contribution in [3.05, 3.63) is 94.8 Å². The van der Waals surface area contributed by atoms with Gasteiger partial charge in [-0.1, -0.05) is 24.3 Å². The number of hydrogen-bond donors (Lipinski definition) is 2. The van der Waals surface area contributed by atoms with Crippen LogP contribution in [-0.4, -0.2) is 36.8 Å². The molecule has 4 aromatic rings. The molecule has 0 bridgehead atoms. The Bertz CT molecular complexity index is 1360. The fourth-order valence-electron chi connectivity index (χ4n) is 4.04. The van der Waals surface area contributed by atoms with Crippen molar-refractivity contribution in [3.63, 3.8) is 0 Å². The summed E-state index contributed by atoms with van der Waals surface area (Å²) in [5.41, 5.74) is 10.8. The van der Waals surface area contributed by atoms with Gasteiger partial charge in [-0.2, -0.15) is 0 Å². The summed E-state index contributed by atoms with van der Waals surface area (Å²) in [5, 5.41) is 2.94. The zero-order chi connectivity index (χ0) is 25.7. The van der Waals surface area contributed by atoms with Gasteiger partial charge in [-0.15, -0.1) is 0 Å². The molecule has 0 spiro atoms. The summed E-state index contributed by atoms with van der Waals surface area (Å²) in [6.07, 6.45) is 1.18. The lowest BCUT2D eigenvalue weighted by atomic mass is 10.0. The van der Waals surface area contributed by atoms with Crippen LogP contribution in [0.2, 0.25) is 0 Å². The van der Waals surface area contributed by atoms with Crippen molar-refractivity contribution >= 4 is 17.5 Å². The van der Waals surface area contributed by atoms with E-state index in [0.717, 1.165) is 28.3 Å². The summed E-state index contributed by atoms with van der Waals surface area (Å²) < 4.78 is 18.1. The molecule has 1 aromatic heterocycles. The van der Waals surface area contributed by atoms with E-state index in [-0.39, 0.29) is 5.91 Å². The molecule has 0 aliphatic heterocycles. The van der Waals surface area contributed by atoms with Gasteiger partial charge in [0.05, 0.1) is 27.0 Å². The lowest BCUT2D eigenvalue weighted by Crippen LogP contribution is -2.15. The van der Waals surface area contributed by atoms with Crippen LogP contribution in [0.1, 0.15) is 32.9 Å². The maximum absolute atomic E-state index is 12.9. The van der Waals surface area contributed by atoms with Gasteiger partial charge in [-0.25, -0.2) is 4.98 Å². The second-order valence-corrected chi connectivity index (χ2v) is 8.36. The van der Waals surface area contributed by atoms with Crippen LogP contribution in [0.15, 0.2) is 66.7 Å². The third-order valence-electron chi connectivity index (χ3n) is 6.02. The van der Waals surface area contributed by atoms with E-state index >= 15 is 0 Å². The molecule has 8 nitrogen and oxygen atoms in total. The minimum absolute atomic E-state index is 0.274. The molecule has 186 valence electrons. The summed E-state index contributed by atoms with van der Waals surface area (Å²) in [4.78, 5) is 17.7. The van der Waals surface area contributed by atoms with Gasteiger partial charge in [0.1, 0.15) is 5.75 Å². The number of ether oxygens (including phenoxy) is 3. The number of anilines is 2. The van der Waals surface area contributed by atoms with Crippen LogP contribution in [0.25, 0.3) is 0 Å². The number of hydrogen-bond acceptors (Lipinski definition) is 6. The van der Waals surface area contributed by atoms with Gasteiger partial charge >= 0.3 is 0 Å². The molecule has 3 aromatic carbocycles. The Morgan fingerprint density at radius 2 is 1.61 bits per heavy atom. The van der Waals surface area contributed by atoms with Crippen molar-refractivity contribution in [2.24, 2.45) is 7.05 Å². The molecule has 0 aliphatic carbocycles. The lowest BCUT2D eigenvalue weighted by Gasteiger charge is -2.12. The van der Waals surface area contributed by atoms with Crippen molar-refractivity contribution in [1.82, 2.24) is 9.55 Å². The number of amides is 1. The first-order valence-electron chi connectivity index (χ1n) is 11.5. The van der Waals surface area contributed by atoms with E-state index in [1.165, 1.54) is 0 Å². The molecule has 36 heavy (non-hydrogen) atoms. The Morgan fingerprint density at radius 1 is 0.889 bits per heavy atom. The fourth-order valence-corrected chi connectivity index (χ4v) is 4.04. The molecule has 0 unspecified atom stereocenters. The van der Waals surface area contributed by atoms with Gasteiger partial charge in [0, 0.05) is 36.8 Å². The average Bonchev–Trinajstić information content (AvgIpc) is 3.17. The van der Waals surface area contributed by atoms with E-state index in [0.29, 0.717) is 41.5 Å². The Balaban J connectivity index is 1.69. The van der Waals surface area contributed by atoms with Gasteiger partial charge in [0.15, 0.2) is 11.5 Å². The second-order valence-electron chi connectivity index (χ2n) is 8.36. The number of carbonyl (C=O) groups is 1. The molecule has 0 aliphatic rings. The van der Waals surface area contributed by atoms with E-state index < -0.39 is 0 Å². The first-order valence-corrected chi connectivity index (χ1v) is 11.5. The van der Waals surface area contributed by atoms with Crippen molar-refractivity contribution < 1.29 is 19.0 Å². The molecular weight excluding hydrogens is 456 g/mol. The van der Waals surface area contributed by atoms with Crippen LogP contribution >= 0.6 is 0 Å². The van der Waals surface area contributed by atoms with Gasteiger partial charge < -0.3 is 24.5 Å². The van der Waals surface area contributed by atoms with Crippen LogP contribution in [-0.2, 0) is 19.9 Å². The highest BCUT2D eigenvalue weighted by atomic mass is 16.5. The highest BCUT2D eigenvalue weighted by Gasteiger charge is 2.19. The molecule has 8 heteroatoms. The predicted octanol–water partition coefficient (Wildman–Crippen LogP) is 4.46. The summed E-state index contributed by atoms with van der Waals surface area (Å²) in [5.74, 6) is 2.30. The van der Waals surface area contributed by atoms with E-state index in [1.807, 2.05) is 54.1 Å². The molecule has 1 heterocycles. The van der Waals surface area contributed by atoms with Gasteiger partial charge in [0.25, 0.3) is 5.91 Å². The number of carbonyl (C=O) groups excluding carboxylic acids is 1. The zero-order valence-electron chi connectivity index (χ0n) is 20.9. The molecule has 0 fully saturated rings. The van der Waals surface area contributed by atoms with Crippen LogP contribution in [0, 0.1) is 0 Å². The number of nitrogens with two attached hydrogens (primary N) is 1. The van der Waals surface area contributed by atoms with Gasteiger partial charge in [0.2, 0.25) is 5.95 Å². The molecule has 4 rings (SSSR count). The predicted molar refractivity (Wildman–Crippen MR) is 140 cm³/mol. The van der Waals surface area contributed by atoms with Crippen LogP contribution in [0.5, 0.6) is 17.2 Å². The standard InChI is InChI=1S/C28H30N4O4/c1-32-24(15-19-10-13-25(35-3)26(16-19)36-4)23(14-18-8-11-22(34-2)12-9-18)30-28(32)31-27(33)20-6-5-7-21(29)17-20/h5-13,16-17H,14-15,29H2,1-4H3,(H,30,31,33). The molecule has 0 saturated carbocycles. The van der Waals surface area contributed by atoms with E-state index in [2.05, 4.69) is 5.32 Å². The van der Waals surface area contributed by atoms with Crippen molar-refractivity contribution in [3.8, 4) is 17.2 Å². The van der Waals surface area contributed by atoms with E-state index in [9.17, 15) is 4.79 Å². The molecule has 0 saturated heterocycles. The van der Waals surface area contributed by atoms with E-state index in [4.69, 9.17) is 24.9 Å². The van der Waals surface area contributed by atoms with Crippen LogP contribution in [0.3, 0.4) is 0 Å². The minimum Gasteiger partial charge on any atom is -0.497 e. The van der Waals surface area contributed by atoms with Crippen molar-refractivity contribution in [2.75, 3.05) is 32.4 Å². The van der Waals surface area contributed by atoms with Crippen LogP contribution < -0.4 is 25.3 Å².